The van der Waals surface area contributed by atoms with Crippen molar-refractivity contribution in [3.05, 3.63) is 72.0 Å². The van der Waals surface area contributed by atoms with Crippen LogP contribution in [0.25, 0.3) is 11.8 Å². The lowest BCUT2D eigenvalue weighted by molar-refractivity contribution is 0.104. The van der Waals surface area contributed by atoms with Crippen molar-refractivity contribution in [2.45, 2.75) is 6.92 Å². The van der Waals surface area contributed by atoms with Gasteiger partial charge in [0.15, 0.2) is 5.78 Å². The monoisotopic (exact) mass is 279 g/mol. The zero-order chi connectivity index (χ0) is 14.7. The number of allylic oxidation sites excluding steroid dienone is 1. The maximum absolute atomic E-state index is 12.0. The predicted octanol–water partition coefficient (Wildman–Crippen LogP) is 3.06. The fraction of sp³-hybridized carbons (Fsp3) is 0.0625. The maximum atomic E-state index is 12.0. The summed E-state index contributed by atoms with van der Waals surface area (Å²) in [5.74, 6) is 0.575. The highest BCUT2D eigenvalue weighted by molar-refractivity contribution is 6.06. The fourth-order valence-electron chi connectivity index (χ4n) is 1.95. The van der Waals surface area contributed by atoms with Gasteiger partial charge in [0.05, 0.1) is 23.8 Å². The zero-order valence-electron chi connectivity index (χ0n) is 11.4. The van der Waals surface area contributed by atoms with Crippen LogP contribution in [0.2, 0.25) is 0 Å². The smallest absolute Gasteiger partial charge is 0.185 e. The van der Waals surface area contributed by atoms with Crippen molar-refractivity contribution in [1.29, 1.82) is 0 Å². The van der Waals surface area contributed by atoms with Crippen molar-refractivity contribution in [3.8, 4) is 5.69 Å². The van der Waals surface area contributed by atoms with Gasteiger partial charge in [-0.2, -0.15) is 0 Å². The molecule has 0 aliphatic rings. The van der Waals surface area contributed by atoms with Crippen LogP contribution in [0.1, 0.15) is 21.8 Å². The van der Waals surface area contributed by atoms with Crippen molar-refractivity contribution in [2.75, 3.05) is 0 Å². The topological polar surface area (TPSA) is 60.9 Å². The first-order valence-corrected chi connectivity index (χ1v) is 6.48. The van der Waals surface area contributed by atoms with E-state index in [9.17, 15) is 4.79 Å². The first-order chi connectivity index (χ1) is 10.2. The summed E-state index contributed by atoms with van der Waals surface area (Å²) in [7, 11) is 0. The third kappa shape index (κ3) is 2.81. The summed E-state index contributed by atoms with van der Waals surface area (Å²) < 4.78 is 6.86. The molecule has 0 aliphatic carbocycles. The molecular formula is C16H13N3O2. The van der Waals surface area contributed by atoms with Crippen LogP contribution in [0.4, 0.5) is 0 Å². The Labute approximate surface area is 121 Å². The summed E-state index contributed by atoms with van der Waals surface area (Å²) in [5.41, 5.74) is 2.42. The highest BCUT2D eigenvalue weighted by Crippen LogP contribution is 2.12. The van der Waals surface area contributed by atoms with Gasteiger partial charge in [-0.05, 0) is 55.5 Å². The molecule has 0 amide bonds. The summed E-state index contributed by atoms with van der Waals surface area (Å²) in [6.07, 6.45) is 6.40. The van der Waals surface area contributed by atoms with Crippen LogP contribution >= 0.6 is 0 Å². The van der Waals surface area contributed by atoms with Crippen molar-refractivity contribution < 1.29 is 9.21 Å². The SMILES string of the molecule is Cc1cnnn1-c1ccc(C(=O)/C=C\c2ccco2)cc1. The highest BCUT2D eigenvalue weighted by atomic mass is 16.3. The van der Waals surface area contributed by atoms with Crippen LogP contribution in [0.5, 0.6) is 0 Å². The van der Waals surface area contributed by atoms with E-state index >= 15 is 0 Å². The molecule has 2 heterocycles. The molecule has 0 radical (unpaired) electrons. The molecule has 1 aromatic carbocycles. The number of hydrogen-bond donors (Lipinski definition) is 0. The van der Waals surface area contributed by atoms with Gasteiger partial charge >= 0.3 is 0 Å². The Hall–Kier alpha value is -2.95. The van der Waals surface area contributed by atoms with Gasteiger partial charge in [0.25, 0.3) is 0 Å². The van der Waals surface area contributed by atoms with Gasteiger partial charge in [0.2, 0.25) is 0 Å². The van der Waals surface area contributed by atoms with E-state index in [1.807, 2.05) is 19.1 Å². The molecule has 3 rings (SSSR count). The molecule has 0 N–H and O–H groups in total. The molecule has 2 aromatic heterocycles. The van der Waals surface area contributed by atoms with E-state index in [-0.39, 0.29) is 5.78 Å². The molecule has 5 nitrogen and oxygen atoms in total. The van der Waals surface area contributed by atoms with Crippen LogP contribution < -0.4 is 0 Å². The van der Waals surface area contributed by atoms with Crippen LogP contribution in [-0.4, -0.2) is 20.8 Å². The van der Waals surface area contributed by atoms with Gasteiger partial charge < -0.3 is 4.42 Å². The van der Waals surface area contributed by atoms with E-state index in [1.54, 1.807) is 47.5 Å². The van der Waals surface area contributed by atoms with Crippen molar-refractivity contribution in [1.82, 2.24) is 15.0 Å². The number of aryl methyl sites for hydroxylation is 1. The minimum atomic E-state index is -0.0757. The zero-order valence-corrected chi connectivity index (χ0v) is 11.4. The summed E-state index contributed by atoms with van der Waals surface area (Å²) in [5, 5.41) is 7.82. The number of carbonyl (C=O) groups excluding carboxylic acids is 1. The normalized spacial score (nSPS) is 11.1. The van der Waals surface area contributed by atoms with Crippen LogP contribution in [0.3, 0.4) is 0 Å². The number of ketones is 1. The Morgan fingerprint density at radius 3 is 2.67 bits per heavy atom. The lowest BCUT2D eigenvalue weighted by atomic mass is 10.1. The Kier molecular flexibility index (Phi) is 3.47. The van der Waals surface area contributed by atoms with E-state index in [0.29, 0.717) is 11.3 Å². The fourth-order valence-corrected chi connectivity index (χ4v) is 1.95. The maximum Gasteiger partial charge on any atom is 0.185 e. The second-order valence-corrected chi connectivity index (χ2v) is 4.55. The standard InChI is InChI=1S/C16H13N3O2/c1-12-11-17-18-19(12)14-6-4-13(5-7-14)16(20)9-8-15-3-2-10-21-15/h2-11H,1H3/b9-8-. The van der Waals surface area contributed by atoms with E-state index in [0.717, 1.165) is 11.4 Å². The van der Waals surface area contributed by atoms with E-state index in [2.05, 4.69) is 10.3 Å². The van der Waals surface area contributed by atoms with Crippen molar-refractivity contribution in [2.24, 2.45) is 0 Å². The average Bonchev–Trinajstić information content (AvgIpc) is 3.16. The molecule has 0 atom stereocenters. The van der Waals surface area contributed by atoms with Gasteiger partial charge in [0, 0.05) is 5.56 Å². The summed E-state index contributed by atoms with van der Waals surface area (Å²) in [6.45, 7) is 1.92. The number of rotatable bonds is 4. The molecule has 104 valence electrons. The summed E-state index contributed by atoms with van der Waals surface area (Å²) in [6, 6.07) is 10.8. The third-order valence-corrected chi connectivity index (χ3v) is 3.06. The van der Waals surface area contributed by atoms with Crippen LogP contribution in [0, 0.1) is 6.92 Å². The van der Waals surface area contributed by atoms with E-state index < -0.39 is 0 Å². The average molecular weight is 279 g/mol. The quantitative estimate of drug-likeness (QED) is 0.544. The molecule has 0 saturated heterocycles. The number of benzene rings is 1. The Bertz CT molecular complexity index is 768. The van der Waals surface area contributed by atoms with Gasteiger partial charge in [-0.1, -0.05) is 5.21 Å². The van der Waals surface area contributed by atoms with E-state index in [1.165, 1.54) is 6.08 Å². The highest BCUT2D eigenvalue weighted by Gasteiger charge is 2.05. The Balaban J connectivity index is 1.78. The lowest BCUT2D eigenvalue weighted by Crippen LogP contribution is -2.00. The minimum Gasteiger partial charge on any atom is -0.465 e. The number of carbonyl (C=O) groups is 1. The molecule has 0 aliphatic heterocycles. The molecule has 0 unspecified atom stereocenters. The predicted molar refractivity (Wildman–Crippen MR) is 78.2 cm³/mol. The molecule has 0 spiro atoms. The van der Waals surface area contributed by atoms with E-state index in [4.69, 9.17) is 4.42 Å². The van der Waals surface area contributed by atoms with Crippen molar-refractivity contribution in [3.63, 3.8) is 0 Å². The molecule has 21 heavy (non-hydrogen) atoms. The molecule has 3 aromatic rings. The second kappa shape index (κ2) is 5.58. The van der Waals surface area contributed by atoms with Gasteiger partial charge in [-0.3, -0.25) is 4.79 Å². The summed E-state index contributed by atoms with van der Waals surface area (Å²) >= 11 is 0. The molecule has 5 heteroatoms. The third-order valence-electron chi connectivity index (χ3n) is 3.06. The first-order valence-electron chi connectivity index (χ1n) is 6.48. The van der Waals surface area contributed by atoms with Crippen LogP contribution in [-0.2, 0) is 0 Å². The first kappa shape index (κ1) is 13.1. The van der Waals surface area contributed by atoms with Crippen LogP contribution in [0.15, 0.2) is 59.4 Å². The molecule has 0 bridgehead atoms. The Morgan fingerprint density at radius 1 is 1.24 bits per heavy atom. The minimum absolute atomic E-state index is 0.0757. The number of nitrogens with zero attached hydrogens (tertiary/aromatic N) is 3. The second-order valence-electron chi connectivity index (χ2n) is 4.55. The molecule has 0 fully saturated rings. The van der Waals surface area contributed by atoms with Gasteiger partial charge in [-0.25, -0.2) is 4.68 Å². The van der Waals surface area contributed by atoms with Crippen molar-refractivity contribution >= 4 is 11.9 Å². The largest absolute Gasteiger partial charge is 0.465 e. The van der Waals surface area contributed by atoms with Gasteiger partial charge in [-0.15, -0.1) is 5.10 Å². The summed E-state index contributed by atoms with van der Waals surface area (Å²) in [4.78, 5) is 12.0. The number of furan rings is 1. The molecule has 0 saturated carbocycles. The Morgan fingerprint density at radius 2 is 2.05 bits per heavy atom. The van der Waals surface area contributed by atoms with Gasteiger partial charge in [0.1, 0.15) is 5.76 Å². The molecular weight excluding hydrogens is 266 g/mol. The number of hydrogen-bond acceptors (Lipinski definition) is 4. The lowest BCUT2D eigenvalue weighted by Gasteiger charge is -2.03. The number of aromatic nitrogens is 3.